The number of carbonyl (C=O) groups excluding carboxylic acids is 1. The molecule has 0 spiro atoms. The number of nitrogens with zero attached hydrogens (tertiary/aromatic N) is 2. The normalized spacial score (nSPS) is 15.2. The lowest BCUT2D eigenvalue weighted by atomic mass is 10.2. The number of rotatable bonds is 4. The van der Waals surface area contributed by atoms with Crippen molar-refractivity contribution in [3.63, 3.8) is 0 Å². The van der Waals surface area contributed by atoms with Crippen molar-refractivity contribution in [1.82, 2.24) is 10.2 Å². The molecule has 0 atom stereocenters. The van der Waals surface area contributed by atoms with Crippen LogP contribution in [-0.4, -0.2) is 61.7 Å². The quantitative estimate of drug-likeness (QED) is 0.462. The molecule has 1 amide bonds. The lowest BCUT2D eigenvalue weighted by Gasteiger charge is -2.29. The molecule has 1 aliphatic rings. The molecule has 3 N–H and O–H groups in total. The maximum atomic E-state index is 11.0. The van der Waals surface area contributed by atoms with Crippen molar-refractivity contribution in [2.24, 2.45) is 10.7 Å². The minimum Gasteiger partial charge on any atom is -0.497 e. The first-order chi connectivity index (χ1) is 11.1. The summed E-state index contributed by atoms with van der Waals surface area (Å²) in [6, 6.07) is 7.31. The number of hydrogen-bond donors (Lipinski definition) is 2. The Morgan fingerprint density at radius 2 is 2.04 bits per heavy atom. The van der Waals surface area contributed by atoms with Gasteiger partial charge in [-0.1, -0.05) is 0 Å². The number of ether oxygens (including phenoxy) is 2. The molecule has 0 unspecified atom stereocenters. The van der Waals surface area contributed by atoms with Gasteiger partial charge in [0.05, 0.1) is 20.3 Å². The van der Waals surface area contributed by atoms with Crippen molar-refractivity contribution in [1.29, 1.82) is 0 Å². The monoisotopic (exact) mass is 336 g/mol. The van der Waals surface area contributed by atoms with Crippen molar-refractivity contribution in [2.75, 3.05) is 40.0 Å². The average molecular weight is 336 g/mol. The highest BCUT2D eigenvalue weighted by molar-refractivity contribution is 7.80. The molecule has 124 valence electrons. The number of methoxy groups -OCH3 is 1. The summed E-state index contributed by atoms with van der Waals surface area (Å²) in [5.74, 6) is 0.733. The number of nitrogens with two attached hydrogens (primary N) is 1. The fourth-order valence-corrected chi connectivity index (χ4v) is 2.33. The first-order valence-electron chi connectivity index (χ1n) is 7.21. The van der Waals surface area contributed by atoms with Gasteiger partial charge in [0.2, 0.25) is 5.91 Å². The lowest BCUT2D eigenvalue weighted by Crippen LogP contribution is -2.48. The number of primary amides is 1. The standard InChI is InChI=1S/C15H20N4O3S/c1-21-12-4-2-11(3-5-12)14(17-10-13(16)20)18-15(23)19-6-8-22-9-7-19/h2-5H,6-10H2,1H3,(H2,16,20)(H,17,18,23). The summed E-state index contributed by atoms with van der Waals surface area (Å²) in [4.78, 5) is 17.3. The molecule has 2 rings (SSSR count). The van der Waals surface area contributed by atoms with Crippen LogP contribution in [0.5, 0.6) is 5.75 Å². The summed E-state index contributed by atoms with van der Waals surface area (Å²) >= 11 is 5.42. The Hall–Kier alpha value is -2.19. The molecule has 1 saturated heterocycles. The number of hydrogen-bond acceptors (Lipinski definition) is 5. The summed E-state index contributed by atoms with van der Waals surface area (Å²) in [6.07, 6.45) is 0. The van der Waals surface area contributed by atoms with Gasteiger partial charge in [0.1, 0.15) is 18.1 Å². The van der Waals surface area contributed by atoms with Gasteiger partial charge in [0.25, 0.3) is 0 Å². The minimum absolute atomic E-state index is 0.111. The first-order valence-corrected chi connectivity index (χ1v) is 7.62. The predicted octanol–water partition coefficient (Wildman–Crippen LogP) is 0.134. The van der Waals surface area contributed by atoms with E-state index in [-0.39, 0.29) is 6.54 Å². The summed E-state index contributed by atoms with van der Waals surface area (Å²) in [5.41, 5.74) is 5.98. The van der Waals surface area contributed by atoms with Gasteiger partial charge in [0.15, 0.2) is 5.11 Å². The molecule has 23 heavy (non-hydrogen) atoms. The summed E-state index contributed by atoms with van der Waals surface area (Å²) in [6.45, 7) is 2.60. The zero-order valence-electron chi connectivity index (χ0n) is 12.9. The SMILES string of the molecule is COc1ccc(C(=NCC(N)=O)NC(=S)N2CCOCC2)cc1. The third kappa shape index (κ3) is 5.19. The van der Waals surface area contributed by atoms with E-state index in [1.54, 1.807) is 7.11 Å². The predicted molar refractivity (Wildman–Crippen MR) is 91.7 cm³/mol. The van der Waals surface area contributed by atoms with Crippen LogP contribution in [0.1, 0.15) is 5.56 Å². The molecule has 1 aliphatic heterocycles. The van der Waals surface area contributed by atoms with Crippen LogP contribution in [0, 0.1) is 0 Å². The molecule has 1 aromatic rings. The zero-order valence-corrected chi connectivity index (χ0v) is 13.8. The molecule has 1 fully saturated rings. The number of thiocarbonyl (C=S) groups is 1. The van der Waals surface area contributed by atoms with E-state index in [2.05, 4.69) is 10.3 Å². The number of amidine groups is 1. The van der Waals surface area contributed by atoms with Crippen LogP contribution in [-0.2, 0) is 9.53 Å². The topological polar surface area (TPSA) is 89.2 Å². The van der Waals surface area contributed by atoms with Gasteiger partial charge in [-0.05, 0) is 36.5 Å². The largest absolute Gasteiger partial charge is 0.497 e. The van der Waals surface area contributed by atoms with Gasteiger partial charge in [-0.2, -0.15) is 0 Å². The number of morpholine rings is 1. The van der Waals surface area contributed by atoms with E-state index in [4.69, 9.17) is 27.4 Å². The molecule has 0 aromatic heterocycles. The van der Waals surface area contributed by atoms with E-state index in [0.29, 0.717) is 24.2 Å². The Kier molecular flexibility index (Phi) is 6.30. The molecule has 8 heteroatoms. The Bertz CT molecular complexity index is 583. The highest BCUT2D eigenvalue weighted by Gasteiger charge is 2.16. The van der Waals surface area contributed by atoms with Gasteiger partial charge in [0, 0.05) is 18.7 Å². The number of aliphatic imine (C=N–C) groups is 1. The van der Waals surface area contributed by atoms with Crippen molar-refractivity contribution in [3.8, 4) is 5.75 Å². The smallest absolute Gasteiger partial charge is 0.239 e. The van der Waals surface area contributed by atoms with Crippen molar-refractivity contribution >= 4 is 29.1 Å². The van der Waals surface area contributed by atoms with E-state index in [9.17, 15) is 4.79 Å². The van der Waals surface area contributed by atoms with Gasteiger partial charge >= 0.3 is 0 Å². The van der Waals surface area contributed by atoms with Crippen LogP contribution in [0.4, 0.5) is 0 Å². The van der Waals surface area contributed by atoms with Gasteiger partial charge < -0.3 is 25.4 Å². The molecule has 0 bridgehead atoms. The van der Waals surface area contributed by atoms with Gasteiger partial charge in [-0.15, -0.1) is 0 Å². The number of amides is 1. The summed E-state index contributed by atoms with van der Waals surface area (Å²) < 4.78 is 10.5. The molecule has 0 saturated carbocycles. The maximum absolute atomic E-state index is 11.0. The van der Waals surface area contributed by atoms with E-state index in [0.717, 1.165) is 24.4 Å². The van der Waals surface area contributed by atoms with Crippen LogP contribution in [0.2, 0.25) is 0 Å². The van der Waals surface area contributed by atoms with E-state index in [1.807, 2.05) is 29.2 Å². The second kappa shape index (κ2) is 8.44. The van der Waals surface area contributed by atoms with Crippen molar-refractivity contribution < 1.29 is 14.3 Å². The molecule has 0 aliphatic carbocycles. The fraction of sp³-hybridized carbons (Fsp3) is 0.400. The third-order valence-corrected chi connectivity index (χ3v) is 3.64. The molecule has 1 aromatic carbocycles. The highest BCUT2D eigenvalue weighted by atomic mass is 32.1. The van der Waals surface area contributed by atoms with Crippen LogP contribution in [0.25, 0.3) is 0 Å². The molecule has 1 heterocycles. The second-order valence-electron chi connectivity index (χ2n) is 4.89. The number of carbonyl (C=O) groups is 1. The minimum atomic E-state index is -0.505. The lowest BCUT2D eigenvalue weighted by molar-refractivity contribution is -0.116. The van der Waals surface area contributed by atoms with E-state index in [1.165, 1.54) is 0 Å². The number of benzene rings is 1. The Labute approximate surface area is 140 Å². The Morgan fingerprint density at radius 1 is 1.39 bits per heavy atom. The third-order valence-electron chi connectivity index (χ3n) is 3.28. The maximum Gasteiger partial charge on any atom is 0.239 e. The Morgan fingerprint density at radius 3 is 2.61 bits per heavy atom. The van der Waals surface area contributed by atoms with Crippen molar-refractivity contribution in [3.05, 3.63) is 29.8 Å². The van der Waals surface area contributed by atoms with Gasteiger partial charge in [-0.25, -0.2) is 0 Å². The molecule has 7 nitrogen and oxygen atoms in total. The molecular weight excluding hydrogens is 316 g/mol. The molecule has 0 radical (unpaired) electrons. The summed E-state index contributed by atoms with van der Waals surface area (Å²) in [5, 5.41) is 3.65. The van der Waals surface area contributed by atoms with Crippen LogP contribution >= 0.6 is 12.2 Å². The van der Waals surface area contributed by atoms with Crippen LogP contribution in [0.3, 0.4) is 0 Å². The van der Waals surface area contributed by atoms with Crippen molar-refractivity contribution in [2.45, 2.75) is 0 Å². The second-order valence-corrected chi connectivity index (χ2v) is 5.28. The highest BCUT2D eigenvalue weighted by Crippen LogP contribution is 2.12. The van der Waals surface area contributed by atoms with Crippen LogP contribution < -0.4 is 15.8 Å². The van der Waals surface area contributed by atoms with E-state index < -0.39 is 5.91 Å². The zero-order chi connectivity index (χ0) is 16.7. The fourth-order valence-electron chi connectivity index (χ4n) is 2.06. The molecular formula is C15H20N4O3S. The summed E-state index contributed by atoms with van der Waals surface area (Å²) in [7, 11) is 1.60. The van der Waals surface area contributed by atoms with E-state index >= 15 is 0 Å². The van der Waals surface area contributed by atoms with Gasteiger partial charge in [-0.3, -0.25) is 9.79 Å². The average Bonchev–Trinajstić information content (AvgIpc) is 2.59. The Balaban J connectivity index is 2.14. The first kappa shape index (κ1) is 17.2. The number of nitrogens with one attached hydrogen (secondary N) is 1. The van der Waals surface area contributed by atoms with Crippen LogP contribution in [0.15, 0.2) is 29.3 Å².